The number of aromatic nitrogens is 4. The lowest BCUT2D eigenvalue weighted by molar-refractivity contribution is -0.137. The average Bonchev–Trinajstić information content (AvgIpc) is 2.95. The topological polar surface area (TPSA) is 102 Å². The second-order valence-electron chi connectivity index (χ2n) is 4.26. The van der Waals surface area contributed by atoms with E-state index in [2.05, 4.69) is 15.5 Å². The summed E-state index contributed by atoms with van der Waals surface area (Å²) in [5.74, 6) is -1.30. The normalized spacial score (nSPS) is 10.5. The summed E-state index contributed by atoms with van der Waals surface area (Å²) in [5.41, 5.74) is 1.66. The van der Waals surface area contributed by atoms with Gasteiger partial charge in [-0.3, -0.25) is 19.0 Å². The van der Waals surface area contributed by atoms with Crippen LogP contribution in [0.25, 0.3) is 0 Å². The molecule has 2 rings (SSSR count). The van der Waals surface area contributed by atoms with E-state index in [-0.39, 0.29) is 12.5 Å². The fourth-order valence-corrected chi connectivity index (χ4v) is 1.82. The van der Waals surface area contributed by atoms with E-state index in [1.807, 2.05) is 13.8 Å². The molecule has 0 atom stereocenters. The van der Waals surface area contributed by atoms with Crippen LogP contribution < -0.4 is 5.32 Å². The summed E-state index contributed by atoms with van der Waals surface area (Å²) in [6.45, 7) is 4.05. The number of carboxylic acids is 1. The lowest BCUT2D eigenvalue weighted by Gasteiger charge is -2.04. The van der Waals surface area contributed by atoms with Gasteiger partial charge in [-0.15, -0.1) is 0 Å². The van der Waals surface area contributed by atoms with Crippen LogP contribution in [0.1, 0.15) is 23.1 Å². The highest BCUT2D eigenvalue weighted by Crippen LogP contribution is 2.10. The minimum Gasteiger partial charge on any atom is -0.480 e. The van der Waals surface area contributed by atoms with Crippen molar-refractivity contribution >= 4 is 17.6 Å². The van der Waals surface area contributed by atoms with Gasteiger partial charge in [0.15, 0.2) is 0 Å². The summed E-state index contributed by atoms with van der Waals surface area (Å²) in [5, 5.41) is 19.4. The van der Waals surface area contributed by atoms with E-state index >= 15 is 0 Å². The van der Waals surface area contributed by atoms with Crippen molar-refractivity contribution < 1.29 is 14.7 Å². The SMILES string of the molecule is CCn1nc(C)cc1C(=O)Nc1cnn(CC(=O)O)c1. The fourth-order valence-electron chi connectivity index (χ4n) is 1.82. The second-order valence-corrected chi connectivity index (χ2v) is 4.26. The Morgan fingerprint density at radius 1 is 1.45 bits per heavy atom. The first kappa shape index (κ1) is 13.8. The van der Waals surface area contributed by atoms with Crippen LogP contribution >= 0.6 is 0 Å². The maximum Gasteiger partial charge on any atom is 0.325 e. The van der Waals surface area contributed by atoms with Crippen LogP contribution in [-0.2, 0) is 17.9 Å². The molecule has 0 fully saturated rings. The first-order valence-corrected chi connectivity index (χ1v) is 6.09. The zero-order valence-corrected chi connectivity index (χ0v) is 11.2. The predicted molar refractivity (Wildman–Crippen MR) is 70.5 cm³/mol. The molecule has 0 aliphatic rings. The molecular weight excluding hydrogens is 262 g/mol. The molecule has 0 unspecified atom stereocenters. The molecule has 0 aliphatic carbocycles. The van der Waals surface area contributed by atoms with Gasteiger partial charge in [0.2, 0.25) is 0 Å². The minimum absolute atomic E-state index is 0.248. The molecule has 0 spiro atoms. The number of amides is 1. The standard InChI is InChI=1S/C12H15N5O3/c1-3-17-10(4-8(2)15-17)12(20)14-9-5-13-16(6-9)7-11(18)19/h4-6H,3,7H2,1-2H3,(H,14,20)(H,18,19). The Labute approximate surface area is 115 Å². The van der Waals surface area contributed by atoms with E-state index in [0.717, 1.165) is 5.69 Å². The van der Waals surface area contributed by atoms with Crippen molar-refractivity contribution in [3.8, 4) is 0 Å². The summed E-state index contributed by atoms with van der Waals surface area (Å²) in [7, 11) is 0. The molecule has 0 aliphatic heterocycles. The summed E-state index contributed by atoms with van der Waals surface area (Å²) in [6, 6.07) is 1.69. The van der Waals surface area contributed by atoms with E-state index in [9.17, 15) is 9.59 Å². The van der Waals surface area contributed by atoms with Crippen molar-refractivity contribution in [3.05, 3.63) is 29.8 Å². The number of rotatable bonds is 5. The Kier molecular flexibility index (Phi) is 3.83. The van der Waals surface area contributed by atoms with E-state index in [1.165, 1.54) is 17.1 Å². The summed E-state index contributed by atoms with van der Waals surface area (Å²) < 4.78 is 2.84. The molecule has 0 saturated carbocycles. The van der Waals surface area contributed by atoms with E-state index < -0.39 is 5.97 Å². The van der Waals surface area contributed by atoms with Crippen LogP contribution in [0.2, 0.25) is 0 Å². The van der Waals surface area contributed by atoms with E-state index in [1.54, 1.807) is 10.7 Å². The van der Waals surface area contributed by atoms with Gasteiger partial charge in [-0.25, -0.2) is 0 Å². The van der Waals surface area contributed by atoms with Crippen LogP contribution in [0, 0.1) is 6.92 Å². The Balaban J connectivity index is 2.11. The van der Waals surface area contributed by atoms with Gasteiger partial charge in [0, 0.05) is 12.7 Å². The summed E-state index contributed by atoms with van der Waals surface area (Å²) in [6.07, 6.45) is 2.87. The predicted octanol–water partition coefficient (Wildman–Crippen LogP) is 0.745. The summed E-state index contributed by atoms with van der Waals surface area (Å²) in [4.78, 5) is 22.7. The molecule has 2 aromatic rings. The lowest BCUT2D eigenvalue weighted by Crippen LogP contribution is -2.17. The van der Waals surface area contributed by atoms with Gasteiger partial charge >= 0.3 is 5.97 Å². The van der Waals surface area contributed by atoms with Gasteiger partial charge in [-0.05, 0) is 19.9 Å². The quantitative estimate of drug-likeness (QED) is 0.839. The van der Waals surface area contributed by atoms with Crippen LogP contribution in [0.4, 0.5) is 5.69 Å². The number of hydrogen-bond acceptors (Lipinski definition) is 4. The molecule has 2 aromatic heterocycles. The van der Waals surface area contributed by atoms with Crippen molar-refractivity contribution in [2.24, 2.45) is 0 Å². The summed E-state index contributed by atoms with van der Waals surface area (Å²) >= 11 is 0. The minimum atomic E-state index is -0.995. The second kappa shape index (κ2) is 5.55. The molecule has 0 bridgehead atoms. The highest BCUT2D eigenvalue weighted by molar-refractivity contribution is 6.03. The third kappa shape index (κ3) is 3.02. The van der Waals surface area contributed by atoms with Gasteiger partial charge in [0.25, 0.3) is 5.91 Å². The number of hydrogen-bond donors (Lipinski definition) is 2. The number of nitrogens with one attached hydrogen (secondary N) is 1. The van der Waals surface area contributed by atoms with E-state index in [0.29, 0.717) is 17.9 Å². The molecule has 2 heterocycles. The van der Waals surface area contributed by atoms with Gasteiger partial charge in [0.05, 0.1) is 17.6 Å². The fraction of sp³-hybridized carbons (Fsp3) is 0.333. The molecule has 2 N–H and O–H groups in total. The average molecular weight is 277 g/mol. The molecule has 0 radical (unpaired) electrons. The van der Waals surface area contributed by atoms with Crippen LogP contribution in [0.3, 0.4) is 0 Å². The molecule has 8 nitrogen and oxygen atoms in total. The Morgan fingerprint density at radius 2 is 2.20 bits per heavy atom. The van der Waals surface area contributed by atoms with Crippen molar-refractivity contribution in [2.45, 2.75) is 26.9 Å². The van der Waals surface area contributed by atoms with Crippen LogP contribution in [0.15, 0.2) is 18.5 Å². The van der Waals surface area contributed by atoms with Crippen molar-refractivity contribution in [2.75, 3.05) is 5.32 Å². The van der Waals surface area contributed by atoms with Crippen LogP contribution in [-0.4, -0.2) is 36.5 Å². The molecule has 106 valence electrons. The Morgan fingerprint density at radius 3 is 2.85 bits per heavy atom. The molecule has 8 heteroatoms. The van der Waals surface area contributed by atoms with Gasteiger partial charge in [0.1, 0.15) is 12.2 Å². The number of carboxylic acid groups (broad SMARTS) is 1. The zero-order valence-electron chi connectivity index (χ0n) is 11.2. The first-order chi connectivity index (χ1) is 9.49. The van der Waals surface area contributed by atoms with Crippen molar-refractivity contribution in [1.29, 1.82) is 0 Å². The molecule has 20 heavy (non-hydrogen) atoms. The maximum atomic E-state index is 12.1. The number of anilines is 1. The smallest absolute Gasteiger partial charge is 0.325 e. The largest absolute Gasteiger partial charge is 0.480 e. The Bertz CT molecular complexity index is 643. The van der Waals surface area contributed by atoms with Crippen LogP contribution in [0.5, 0.6) is 0 Å². The van der Waals surface area contributed by atoms with Crippen molar-refractivity contribution in [3.63, 3.8) is 0 Å². The highest BCUT2D eigenvalue weighted by Gasteiger charge is 2.14. The van der Waals surface area contributed by atoms with Gasteiger partial charge < -0.3 is 10.4 Å². The third-order valence-corrected chi connectivity index (χ3v) is 2.62. The van der Waals surface area contributed by atoms with Crippen molar-refractivity contribution in [1.82, 2.24) is 19.6 Å². The number of carbonyl (C=O) groups excluding carboxylic acids is 1. The maximum absolute atomic E-state index is 12.1. The monoisotopic (exact) mass is 277 g/mol. The lowest BCUT2D eigenvalue weighted by atomic mass is 10.3. The van der Waals surface area contributed by atoms with Gasteiger partial charge in [-0.1, -0.05) is 0 Å². The van der Waals surface area contributed by atoms with E-state index in [4.69, 9.17) is 5.11 Å². The highest BCUT2D eigenvalue weighted by atomic mass is 16.4. The number of carbonyl (C=O) groups is 2. The first-order valence-electron chi connectivity index (χ1n) is 6.09. The number of nitrogens with zero attached hydrogens (tertiary/aromatic N) is 4. The third-order valence-electron chi connectivity index (χ3n) is 2.62. The zero-order chi connectivity index (χ0) is 14.7. The molecule has 0 saturated heterocycles. The van der Waals surface area contributed by atoms with Gasteiger partial charge in [-0.2, -0.15) is 10.2 Å². The molecule has 1 amide bonds. The number of aryl methyl sites for hydroxylation is 2. The number of aliphatic carboxylic acids is 1. The molecule has 0 aromatic carbocycles. The Hall–Kier alpha value is -2.64. The molecular formula is C12H15N5O3.